The molecule has 3 saturated heterocycles. The van der Waals surface area contributed by atoms with E-state index >= 15 is 0 Å². The first-order valence-electron chi connectivity index (χ1n) is 9.15. The van der Waals surface area contributed by atoms with Crippen LogP contribution in [0, 0.1) is 5.92 Å². The minimum absolute atomic E-state index is 0.00549. The van der Waals surface area contributed by atoms with Crippen molar-refractivity contribution in [1.82, 2.24) is 14.2 Å². The van der Waals surface area contributed by atoms with Crippen molar-refractivity contribution in [3.05, 3.63) is 29.1 Å². The van der Waals surface area contributed by atoms with Crippen LogP contribution in [0.4, 0.5) is 0 Å². The molecule has 2 bridgehead atoms. The van der Waals surface area contributed by atoms with Crippen molar-refractivity contribution < 1.29 is 13.2 Å². The molecule has 25 heavy (non-hydrogen) atoms. The van der Waals surface area contributed by atoms with Gasteiger partial charge in [-0.05, 0) is 56.1 Å². The average Bonchev–Trinajstić information content (AvgIpc) is 2.93. The average molecular weight is 363 g/mol. The van der Waals surface area contributed by atoms with Crippen molar-refractivity contribution in [3.63, 3.8) is 0 Å². The van der Waals surface area contributed by atoms with E-state index in [9.17, 15) is 13.2 Å². The zero-order valence-corrected chi connectivity index (χ0v) is 15.5. The van der Waals surface area contributed by atoms with Gasteiger partial charge in [-0.3, -0.25) is 9.78 Å². The van der Waals surface area contributed by atoms with Gasteiger partial charge in [0.05, 0.1) is 11.8 Å². The molecule has 4 aliphatic rings. The maximum atomic E-state index is 13.1. The summed E-state index contributed by atoms with van der Waals surface area (Å²) in [6.45, 7) is 1.59. The number of aryl methyl sites for hydroxylation is 2. The van der Waals surface area contributed by atoms with E-state index in [4.69, 9.17) is 0 Å². The largest absolute Gasteiger partial charge is 0.334 e. The summed E-state index contributed by atoms with van der Waals surface area (Å²) in [6.07, 6.45) is 9.16. The lowest BCUT2D eigenvalue weighted by atomic mass is 9.93. The number of hydrogen-bond acceptors (Lipinski definition) is 4. The topological polar surface area (TPSA) is 70.6 Å². The van der Waals surface area contributed by atoms with Crippen LogP contribution in [0.25, 0.3) is 0 Å². The van der Waals surface area contributed by atoms with E-state index in [-0.39, 0.29) is 17.9 Å². The molecule has 5 rings (SSSR count). The summed E-state index contributed by atoms with van der Waals surface area (Å²) in [5.74, 6) is 0.230. The van der Waals surface area contributed by atoms with Crippen molar-refractivity contribution >= 4 is 15.9 Å². The van der Waals surface area contributed by atoms with E-state index in [2.05, 4.69) is 4.98 Å². The lowest BCUT2D eigenvalue weighted by molar-refractivity contribution is 0.0588. The molecule has 4 heterocycles. The summed E-state index contributed by atoms with van der Waals surface area (Å²) in [4.78, 5) is 19.5. The lowest BCUT2D eigenvalue weighted by Gasteiger charge is -2.36. The molecule has 1 aromatic heterocycles. The minimum atomic E-state index is -3.22. The van der Waals surface area contributed by atoms with Gasteiger partial charge < -0.3 is 4.90 Å². The molecule has 7 heteroatoms. The zero-order chi connectivity index (χ0) is 17.6. The number of carbonyl (C=O) groups excluding carboxylic acids is 1. The van der Waals surface area contributed by atoms with Crippen molar-refractivity contribution in [2.24, 2.45) is 5.92 Å². The van der Waals surface area contributed by atoms with Gasteiger partial charge in [-0.2, -0.15) is 4.31 Å². The SMILES string of the molecule is CS(=O)(=O)N1C[C@H]2CC[C@@H](C1)N(C(=O)c1cnc3c(c1)CCCC3)C2. The van der Waals surface area contributed by atoms with Crippen LogP contribution >= 0.6 is 0 Å². The Hall–Kier alpha value is -1.47. The highest BCUT2D eigenvalue weighted by atomic mass is 32.2. The summed E-state index contributed by atoms with van der Waals surface area (Å²) in [7, 11) is -3.22. The van der Waals surface area contributed by atoms with E-state index < -0.39 is 10.0 Å². The molecular formula is C18H25N3O3S. The Morgan fingerprint density at radius 2 is 1.96 bits per heavy atom. The first kappa shape index (κ1) is 17.0. The number of carbonyl (C=O) groups is 1. The molecule has 2 atom stereocenters. The third-order valence-corrected chi connectivity index (χ3v) is 7.06. The fraction of sp³-hybridized carbons (Fsp3) is 0.667. The predicted molar refractivity (Wildman–Crippen MR) is 94.8 cm³/mol. The van der Waals surface area contributed by atoms with E-state index in [0.29, 0.717) is 25.2 Å². The molecule has 1 amide bonds. The van der Waals surface area contributed by atoms with Crippen LogP contribution < -0.4 is 0 Å². The quantitative estimate of drug-likeness (QED) is 0.798. The molecule has 0 aromatic carbocycles. The molecule has 1 aliphatic carbocycles. The second-order valence-electron chi connectivity index (χ2n) is 7.67. The number of aromatic nitrogens is 1. The Bertz CT molecular complexity index is 793. The smallest absolute Gasteiger partial charge is 0.255 e. The van der Waals surface area contributed by atoms with Crippen LogP contribution in [0.2, 0.25) is 0 Å². The van der Waals surface area contributed by atoms with E-state index in [1.165, 1.54) is 18.2 Å². The van der Waals surface area contributed by atoms with Crippen molar-refractivity contribution in [2.75, 3.05) is 25.9 Å². The molecule has 0 saturated carbocycles. The van der Waals surface area contributed by atoms with Crippen LogP contribution in [-0.2, 0) is 22.9 Å². The van der Waals surface area contributed by atoms with Gasteiger partial charge >= 0.3 is 0 Å². The third-order valence-electron chi connectivity index (χ3n) is 5.83. The highest BCUT2D eigenvalue weighted by Crippen LogP contribution is 2.30. The highest BCUT2D eigenvalue weighted by Gasteiger charge is 2.40. The number of rotatable bonds is 2. The Morgan fingerprint density at radius 1 is 1.16 bits per heavy atom. The van der Waals surface area contributed by atoms with Crippen molar-refractivity contribution in [1.29, 1.82) is 0 Å². The number of fused-ring (bicyclic) bond motifs is 5. The number of piperidine rings is 1. The number of sulfonamides is 1. The molecule has 3 aliphatic heterocycles. The summed E-state index contributed by atoms with van der Waals surface area (Å²) < 4.78 is 25.5. The van der Waals surface area contributed by atoms with Gasteiger partial charge in [0, 0.05) is 37.6 Å². The van der Waals surface area contributed by atoms with Crippen LogP contribution in [-0.4, -0.2) is 60.4 Å². The monoisotopic (exact) mass is 363 g/mol. The highest BCUT2D eigenvalue weighted by molar-refractivity contribution is 7.88. The van der Waals surface area contributed by atoms with Gasteiger partial charge in [0.2, 0.25) is 10.0 Å². The second-order valence-corrected chi connectivity index (χ2v) is 9.65. The maximum Gasteiger partial charge on any atom is 0.255 e. The summed E-state index contributed by atoms with van der Waals surface area (Å²) in [6, 6.07) is 1.98. The van der Waals surface area contributed by atoms with Crippen LogP contribution in [0.15, 0.2) is 12.3 Å². The molecular weight excluding hydrogens is 338 g/mol. The fourth-order valence-electron chi connectivity index (χ4n) is 4.43. The van der Waals surface area contributed by atoms with Gasteiger partial charge in [-0.25, -0.2) is 8.42 Å². The molecule has 136 valence electrons. The summed E-state index contributed by atoms with van der Waals surface area (Å²) >= 11 is 0. The number of nitrogens with zero attached hydrogens (tertiary/aromatic N) is 3. The molecule has 0 N–H and O–H groups in total. The Kier molecular flexibility index (Phi) is 4.32. The molecule has 1 aromatic rings. The third kappa shape index (κ3) is 3.31. The van der Waals surface area contributed by atoms with Gasteiger partial charge in [-0.15, -0.1) is 0 Å². The molecule has 0 unspecified atom stereocenters. The van der Waals surface area contributed by atoms with Gasteiger partial charge in [0.1, 0.15) is 0 Å². The molecule has 0 radical (unpaired) electrons. The van der Waals surface area contributed by atoms with Crippen LogP contribution in [0.3, 0.4) is 0 Å². The van der Waals surface area contributed by atoms with Crippen LogP contribution in [0.5, 0.6) is 0 Å². The second kappa shape index (κ2) is 6.36. The number of hydrogen-bond donors (Lipinski definition) is 0. The van der Waals surface area contributed by atoms with Gasteiger partial charge in [-0.1, -0.05) is 0 Å². The van der Waals surface area contributed by atoms with E-state index in [0.717, 1.165) is 37.8 Å². The number of pyridine rings is 1. The number of amides is 1. The zero-order valence-electron chi connectivity index (χ0n) is 14.6. The summed E-state index contributed by atoms with van der Waals surface area (Å²) in [5, 5.41) is 0. The predicted octanol–water partition coefficient (Wildman–Crippen LogP) is 1.46. The molecule has 6 nitrogen and oxygen atoms in total. The van der Waals surface area contributed by atoms with Crippen molar-refractivity contribution in [3.8, 4) is 0 Å². The van der Waals surface area contributed by atoms with E-state index in [1.54, 1.807) is 10.5 Å². The molecule has 0 spiro atoms. The standard InChI is InChI=1S/C18H25N3O3S/c1-25(23,24)20-10-13-6-7-16(12-20)21(11-13)18(22)15-8-14-4-2-3-5-17(14)19-9-15/h8-9,13,16H,2-7,10-12H2,1H3/t13-,16+/m1/s1. The summed E-state index contributed by atoms with van der Waals surface area (Å²) in [5.41, 5.74) is 2.98. The first-order chi connectivity index (χ1) is 11.9. The minimum Gasteiger partial charge on any atom is -0.334 e. The van der Waals surface area contributed by atoms with Crippen molar-refractivity contribution in [2.45, 2.75) is 44.6 Å². The Labute approximate surface area is 149 Å². The van der Waals surface area contributed by atoms with Crippen LogP contribution in [0.1, 0.15) is 47.3 Å². The Balaban J connectivity index is 1.58. The van der Waals surface area contributed by atoms with Gasteiger partial charge in [0.25, 0.3) is 5.91 Å². The normalized spacial score (nSPS) is 27.0. The maximum absolute atomic E-state index is 13.1. The van der Waals surface area contributed by atoms with Gasteiger partial charge in [0.15, 0.2) is 0 Å². The fourth-order valence-corrected chi connectivity index (χ4v) is 5.35. The first-order valence-corrected chi connectivity index (χ1v) is 11.0. The lowest BCUT2D eigenvalue weighted by Crippen LogP contribution is -2.47. The Morgan fingerprint density at radius 3 is 2.76 bits per heavy atom. The molecule has 3 fully saturated rings. The van der Waals surface area contributed by atoms with E-state index in [1.807, 2.05) is 11.0 Å².